The largest absolute Gasteiger partial charge is 0.497 e. The number of rotatable bonds is 6. The molecule has 0 aliphatic rings. The van der Waals surface area contributed by atoms with Gasteiger partial charge in [0.25, 0.3) is 0 Å². The molecule has 1 aromatic carbocycles. The summed E-state index contributed by atoms with van der Waals surface area (Å²) in [6.45, 7) is 7.49. The van der Waals surface area contributed by atoms with E-state index in [9.17, 15) is 4.79 Å². The molecule has 124 valence electrons. The quantitative estimate of drug-likeness (QED) is 0.634. The first-order valence-electron chi connectivity index (χ1n) is 7.28. The molecular weight excluding hydrogens is 322 g/mol. The predicted octanol–water partition coefficient (Wildman–Crippen LogP) is 4.14. The molecule has 1 aromatic heterocycles. The lowest BCUT2D eigenvalue weighted by atomic mass is 10.0. The topological polar surface area (TPSA) is 63.6 Å². The second-order valence-electron chi connectivity index (χ2n) is 5.00. The summed E-state index contributed by atoms with van der Waals surface area (Å²) in [5, 5.41) is 5.22. The summed E-state index contributed by atoms with van der Waals surface area (Å²) in [7, 11) is 1.65. The van der Waals surface area contributed by atoms with E-state index in [4.69, 9.17) is 4.74 Å². The molecular formula is C18H19N3O2S. The van der Waals surface area contributed by atoms with Crippen molar-refractivity contribution in [2.24, 2.45) is 4.99 Å². The monoisotopic (exact) mass is 341 g/mol. The number of amides is 1. The van der Waals surface area contributed by atoms with Crippen molar-refractivity contribution in [2.75, 3.05) is 12.4 Å². The molecule has 1 heterocycles. The minimum atomic E-state index is -0.255. The Labute approximate surface area is 145 Å². The SMILES string of the molecule is C=CN=C/C=C/C(=O)Nc1nc(-c2c(C)cc(OC)cc2C)cs1. The van der Waals surface area contributed by atoms with E-state index in [-0.39, 0.29) is 5.91 Å². The van der Waals surface area contributed by atoms with Gasteiger partial charge in [0.2, 0.25) is 5.91 Å². The van der Waals surface area contributed by atoms with Gasteiger partial charge in [0, 0.05) is 29.4 Å². The number of aliphatic imine (C=N–C) groups is 1. The zero-order valence-corrected chi connectivity index (χ0v) is 14.7. The van der Waals surface area contributed by atoms with Crippen LogP contribution in [-0.4, -0.2) is 24.2 Å². The Morgan fingerprint density at radius 3 is 2.71 bits per heavy atom. The van der Waals surface area contributed by atoms with E-state index in [2.05, 4.69) is 21.9 Å². The van der Waals surface area contributed by atoms with E-state index in [1.165, 1.54) is 29.8 Å². The summed E-state index contributed by atoms with van der Waals surface area (Å²) in [5.41, 5.74) is 4.05. The molecule has 1 amide bonds. The van der Waals surface area contributed by atoms with Crippen molar-refractivity contribution in [1.29, 1.82) is 0 Å². The number of anilines is 1. The number of aromatic nitrogens is 1. The zero-order chi connectivity index (χ0) is 17.5. The maximum Gasteiger partial charge on any atom is 0.250 e. The first-order chi connectivity index (χ1) is 11.5. The minimum Gasteiger partial charge on any atom is -0.497 e. The summed E-state index contributed by atoms with van der Waals surface area (Å²) in [5.74, 6) is 0.568. The van der Waals surface area contributed by atoms with Crippen molar-refractivity contribution >= 4 is 28.6 Å². The predicted molar refractivity (Wildman–Crippen MR) is 100 cm³/mol. The molecule has 0 bridgehead atoms. The van der Waals surface area contributed by atoms with Gasteiger partial charge in [-0.3, -0.25) is 15.1 Å². The highest BCUT2D eigenvalue weighted by Crippen LogP contribution is 2.32. The van der Waals surface area contributed by atoms with Crippen LogP contribution in [0.4, 0.5) is 5.13 Å². The van der Waals surface area contributed by atoms with Gasteiger partial charge in [0.15, 0.2) is 5.13 Å². The molecule has 0 radical (unpaired) electrons. The van der Waals surface area contributed by atoms with Gasteiger partial charge in [-0.2, -0.15) is 0 Å². The van der Waals surface area contributed by atoms with Crippen LogP contribution in [0.1, 0.15) is 11.1 Å². The van der Waals surface area contributed by atoms with E-state index in [0.717, 1.165) is 28.1 Å². The number of aryl methyl sites for hydroxylation is 2. The van der Waals surface area contributed by atoms with Crippen LogP contribution < -0.4 is 10.1 Å². The normalized spacial score (nSPS) is 11.1. The van der Waals surface area contributed by atoms with Gasteiger partial charge in [0.05, 0.1) is 12.8 Å². The van der Waals surface area contributed by atoms with Crippen LogP contribution in [0, 0.1) is 13.8 Å². The Morgan fingerprint density at radius 1 is 1.38 bits per heavy atom. The molecule has 2 aromatic rings. The minimum absolute atomic E-state index is 0.255. The summed E-state index contributed by atoms with van der Waals surface area (Å²) >= 11 is 1.39. The molecule has 5 nitrogen and oxygen atoms in total. The van der Waals surface area contributed by atoms with E-state index in [0.29, 0.717) is 5.13 Å². The number of ether oxygens (including phenoxy) is 1. The fourth-order valence-corrected chi connectivity index (χ4v) is 2.98. The van der Waals surface area contributed by atoms with Crippen molar-refractivity contribution in [3.05, 3.63) is 53.6 Å². The highest BCUT2D eigenvalue weighted by atomic mass is 32.1. The molecule has 0 aliphatic heterocycles. The molecule has 0 saturated heterocycles. The van der Waals surface area contributed by atoms with Crippen molar-refractivity contribution in [2.45, 2.75) is 13.8 Å². The first-order valence-corrected chi connectivity index (χ1v) is 8.16. The van der Waals surface area contributed by atoms with E-state index < -0.39 is 0 Å². The lowest BCUT2D eigenvalue weighted by Gasteiger charge is -2.10. The van der Waals surface area contributed by atoms with Crippen LogP contribution in [0.3, 0.4) is 0 Å². The second-order valence-corrected chi connectivity index (χ2v) is 5.86. The number of allylic oxidation sites excluding steroid dienone is 1. The highest BCUT2D eigenvalue weighted by Gasteiger charge is 2.12. The molecule has 2 rings (SSSR count). The fourth-order valence-electron chi connectivity index (χ4n) is 2.28. The van der Waals surface area contributed by atoms with Crippen molar-refractivity contribution in [3.63, 3.8) is 0 Å². The molecule has 0 aliphatic carbocycles. The lowest BCUT2D eigenvalue weighted by molar-refractivity contribution is -0.111. The molecule has 0 spiro atoms. The third-order valence-electron chi connectivity index (χ3n) is 3.26. The number of nitrogens with zero attached hydrogens (tertiary/aromatic N) is 2. The Bertz CT molecular complexity index is 783. The Kier molecular flexibility index (Phi) is 6.03. The average molecular weight is 341 g/mol. The number of hydrogen-bond acceptors (Lipinski definition) is 5. The van der Waals surface area contributed by atoms with Gasteiger partial charge in [-0.25, -0.2) is 4.98 Å². The zero-order valence-electron chi connectivity index (χ0n) is 13.9. The smallest absolute Gasteiger partial charge is 0.250 e. The van der Waals surface area contributed by atoms with Crippen LogP contribution in [0.15, 0.2) is 47.4 Å². The van der Waals surface area contributed by atoms with Crippen LogP contribution in [-0.2, 0) is 4.79 Å². The number of nitrogens with one attached hydrogen (secondary N) is 1. The highest BCUT2D eigenvalue weighted by molar-refractivity contribution is 7.14. The molecule has 0 atom stereocenters. The molecule has 0 unspecified atom stereocenters. The van der Waals surface area contributed by atoms with Crippen LogP contribution in [0.25, 0.3) is 11.3 Å². The first kappa shape index (κ1) is 17.6. The van der Waals surface area contributed by atoms with Gasteiger partial charge in [-0.05, 0) is 43.2 Å². The lowest BCUT2D eigenvalue weighted by Crippen LogP contribution is -2.07. The fraction of sp³-hybridized carbons (Fsp3) is 0.167. The molecule has 0 saturated carbocycles. The van der Waals surface area contributed by atoms with Crippen LogP contribution in [0.5, 0.6) is 5.75 Å². The number of thiazole rings is 1. The third-order valence-corrected chi connectivity index (χ3v) is 4.02. The number of methoxy groups -OCH3 is 1. The Balaban J connectivity index is 2.17. The van der Waals surface area contributed by atoms with Gasteiger partial charge in [-0.15, -0.1) is 11.3 Å². The number of hydrogen-bond donors (Lipinski definition) is 1. The number of carbonyl (C=O) groups is 1. The van der Waals surface area contributed by atoms with Gasteiger partial charge in [0.1, 0.15) is 5.75 Å². The van der Waals surface area contributed by atoms with E-state index in [1.807, 2.05) is 31.4 Å². The van der Waals surface area contributed by atoms with Crippen LogP contribution >= 0.6 is 11.3 Å². The summed E-state index contributed by atoms with van der Waals surface area (Å²) < 4.78 is 5.28. The maximum atomic E-state index is 11.8. The van der Waals surface area contributed by atoms with E-state index in [1.54, 1.807) is 13.2 Å². The molecule has 24 heavy (non-hydrogen) atoms. The standard InChI is InChI=1S/C18H19N3O2S/c1-5-19-8-6-7-16(22)21-18-20-15(11-24-18)17-12(2)9-14(23-4)10-13(17)3/h5-11H,1H2,2-4H3,(H,20,21,22)/b7-6+,19-8?. The Hall–Kier alpha value is -2.73. The maximum absolute atomic E-state index is 11.8. The molecule has 1 N–H and O–H groups in total. The summed E-state index contributed by atoms with van der Waals surface area (Å²) in [6.07, 6.45) is 5.82. The number of benzene rings is 1. The van der Waals surface area contributed by atoms with Crippen LogP contribution in [0.2, 0.25) is 0 Å². The summed E-state index contributed by atoms with van der Waals surface area (Å²) in [4.78, 5) is 20.1. The molecule has 6 heteroatoms. The van der Waals surface area contributed by atoms with Gasteiger partial charge < -0.3 is 4.74 Å². The van der Waals surface area contributed by atoms with Gasteiger partial charge >= 0.3 is 0 Å². The van der Waals surface area contributed by atoms with Crippen molar-refractivity contribution in [1.82, 2.24) is 4.98 Å². The van der Waals surface area contributed by atoms with Crippen molar-refractivity contribution < 1.29 is 9.53 Å². The molecule has 0 fully saturated rings. The van der Waals surface area contributed by atoms with Crippen molar-refractivity contribution in [3.8, 4) is 17.0 Å². The van der Waals surface area contributed by atoms with E-state index >= 15 is 0 Å². The summed E-state index contributed by atoms with van der Waals surface area (Å²) in [6, 6.07) is 3.95. The second kappa shape index (κ2) is 8.21. The van der Waals surface area contributed by atoms with Gasteiger partial charge in [-0.1, -0.05) is 6.58 Å². The average Bonchev–Trinajstić information content (AvgIpc) is 2.98. The Morgan fingerprint density at radius 2 is 2.08 bits per heavy atom. The third kappa shape index (κ3) is 4.39. The number of carbonyl (C=O) groups excluding carboxylic acids is 1.